The first-order valence-electron chi connectivity index (χ1n) is 3.85. The Labute approximate surface area is 73.2 Å². The number of nitrogens with one attached hydrogen (secondary N) is 1. The van der Waals surface area contributed by atoms with E-state index in [4.69, 9.17) is 4.42 Å². The second kappa shape index (κ2) is 2.90. The van der Waals surface area contributed by atoms with Crippen LogP contribution in [-0.2, 0) is 11.2 Å². The molecule has 0 amide bonds. The van der Waals surface area contributed by atoms with Crippen LogP contribution in [0.5, 0.6) is 0 Å². The van der Waals surface area contributed by atoms with Gasteiger partial charge < -0.3 is 9.21 Å². The predicted molar refractivity (Wildman–Crippen MR) is 46.6 cm³/mol. The molecule has 0 spiro atoms. The summed E-state index contributed by atoms with van der Waals surface area (Å²) in [5.74, 6) is -0.474. The van der Waals surface area contributed by atoms with Crippen molar-refractivity contribution in [2.75, 3.05) is 0 Å². The molecule has 66 valence electrons. The fourth-order valence-electron chi connectivity index (χ4n) is 1.21. The molecule has 0 aliphatic heterocycles. The summed E-state index contributed by atoms with van der Waals surface area (Å²) < 4.78 is 4.83. The average Bonchev–Trinajstić information content (AvgIpc) is 2.44. The number of rotatable bonds is 2. The summed E-state index contributed by atoms with van der Waals surface area (Å²) in [6, 6.07) is 5.18. The Balaban J connectivity index is 2.60. The zero-order valence-corrected chi connectivity index (χ0v) is 6.74. The highest BCUT2D eigenvalue weighted by Gasteiger charge is 2.00. The molecule has 0 saturated heterocycles. The lowest BCUT2D eigenvalue weighted by Gasteiger charge is -1.92. The van der Waals surface area contributed by atoms with Gasteiger partial charge in [0, 0.05) is 6.42 Å². The lowest BCUT2D eigenvalue weighted by molar-refractivity contribution is -0.107. The molecule has 1 aromatic heterocycles. The minimum absolute atomic E-state index is 0.338. The molecular formula is C9H7NO3. The molecule has 4 nitrogen and oxygen atoms in total. The van der Waals surface area contributed by atoms with Crippen molar-refractivity contribution < 1.29 is 9.21 Å². The molecule has 2 rings (SSSR count). The van der Waals surface area contributed by atoms with E-state index in [1.807, 2.05) is 0 Å². The first kappa shape index (κ1) is 7.79. The molecule has 0 aliphatic rings. The third kappa shape index (κ3) is 1.38. The highest BCUT2D eigenvalue weighted by Crippen LogP contribution is 2.11. The number of fused-ring (bicyclic) bond motifs is 1. The summed E-state index contributed by atoms with van der Waals surface area (Å²) in [4.78, 5) is 23.5. The smallest absolute Gasteiger partial charge is 0.408 e. The maximum Gasteiger partial charge on any atom is 0.417 e. The van der Waals surface area contributed by atoms with Gasteiger partial charge in [0.25, 0.3) is 0 Å². The zero-order valence-electron chi connectivity index (χ0n) is 6.74. The molecule has 0 fully saturated rings. The number of H-pyrrole nitrogens is 1. The molecule has 0 radical (unpaired) electrons. The number of hydrogen-bond donors (Lipinski definition) is 1. The van der Waals surface area contributed by atoms with Crippen LogP contribution in [0.25, 0.3) is 11.1 Å². The standard InChI is InChI=1S/C9H7NO3/c11-4-3-6-1-2-7-8(5-6)13-9(12)10-7/h1-2,4-5H,3H2,(H,10,12). The van der Waals surface area contributed by atoms with Gasteiger partial charge in [-0.1, -0.05) is 6.07 Å². The number of benzene rings is 1. The van der Waals surface area contributed by atoms with Gasteiger partial charge in [0.2, 0.25) is 0 Å². The Morgan fingerprint density at radius 1 is 1.46 bits per heavy atom. The van der Waals surface area contributed by atoms with Crippen LogP contribution in [-0.4, -0.2) is 11.3 Å². The van der Waals surface area contributed by atoms with Crippen LogP contribution in [0, 0.1) is 0 Å². The monoisotopic (exact) mass is 177 g/mol. The minimum Gasteiger partial charge on any atom is -0.408 e. The first-order chi connectivity index (χ1) is 6.29. The normalized spacial score (nSPS) is 10.5. The SMILES string of the molecule is O=CCc1ccc2[nH]c(=O)oc2c1. The average molecular weight is 177 g/mol. The third-order valence-electron chi connectivity index (χ3n) is 1.80. The topological polar surface area (TPSA) is 63.1 Å². The predicted octanol–water partition coefficient (Wildman–Crippen LogP) is 0.863. The van der Waals surface area contributed by atoms with Crippen molar-refractivity contribution in [2.45, 2.75) is 6.42 Å². The van der Waals surface area contributed by atoms with Crippen molar-refractivity contribution in [1.82, 2.24) is 4.98 Å². The molecule has 0 atom stereocenters. The van der Waals surface area contributed by atoms with Gasteiger partial charge in [0.15, 0.2) is 5.58 Å². The molecule has 13 heavy (non-hydrogen) atoms. The Morgan fingerprint density at radius 3 is 3.08 bits per heavy atom. The van der Waals surface area contributed by atoms with E-state index >= 15 is 0 Å². The molecule has 4 heteroatoms. The molecular weight excluding hydrogens is 170 g/mol. The van der Waals surface area contributed by atoms with Gasteiger partial charge in [-0.2, -0.15) is 0 Å². The highest BCUT2D eigenvalue weighted by atomic mass is 16.4. The minimum atomic E-state index is -0.474. The molecule has 2 aromatic rings. The van der Waals surface area contributed by atoms with Crippen LogP contribution in [0.3, 0.4) is 0 Å². The Morgan fingerprint density at radius 2 is 2.31 bits per heavy atom. The van der Waals surface area contributed by atoms with Crippen molar-refractivity contribution >= 4 is 17.4 Å². The summed E-state index contributed by atoms with van der Waals surface area (Å²) in [6.45, 7) is 0. The van der Waals surface area contributed by atoms with Crippen LogP contribution in [0.1, 0.15) is 5.56 Å². The van der Waals surface area contributed by atoms with Gasteiger partial charge in [0.1, 0.15) is 6.29 Å². The van der Waals surface area contributed by atoms with Gasteiger partial charge in [-0.3, -0.25) is 4.98 Å². The zero-order chi connectivity index (χ0) is 9.26. The number of aromatic amines is 1. The van der Waals surface area contributed by atoms with Gasteiger partial charge in [-0.05, 0) is 17.7 Å². The maximum absolute atomic E-state index is 10.8. The lowest BCUT2D eigenvalue weighted by atomic mass is 10.1. The quantitative estimate of drug-likeness (QED) is 0.692. The molecule has 0 unspecified atom stereocenters. The summed E-state index contributed by atoms with van der Waals surface area (Å²) in [6.07, 6.45) is 1.15. The maximum atomic E-state index is 10.8. The van der Waals surface area contributed by atoms with Crippen molar-refractivity contribution in [3.05, 3.63) is 34.3 Å². The number of oxazole rings is 1. The van der Waals surface area contributed by atoms with Crippen LogP contribution < -0.4 is 5.76 Å². The first-order valence-corrected chi connectivity index (χ1v) is 3.85. The van der Waals surface area contributed by atoms with Crippen molar-refractivity contribution in [2.24, 2.45) is 0 Å². The van der Waals surface area contributed by atoms with Gasteiger partial charge in [-0.15, -0.1) is 0 Å². The number of hydrogen-bond acceptors (Lipinski definition) is 3. The van der Waals surface area contributed by atoms with Crippen LogP contribution in [0.15, 0.2) is 27.4 Å². The van der Waals surface area contributed by atoms with E-state index < -0.39 is 5.76 Å². The fraction of sp³-hybridized carbons (Fsp3) is 0.111. The summed E-state index contributed by atoms with van der Waals surface area (Å²) in [5, 5.41) is 0. The van der Waals surface area contributed by atoms with Crippen LogP contribution in [0.2, 0.25) is 0 Å². The van der Waals surface area contributed by atoms with Crippen LogP contribution in [0.4, 0.5) is 0 Å². The highest BCUT2D eigenvalue weighted by molar-refractivity contribution is 5.73. The van der Waals surface area contributed by atoms with Crippen molar-refractivity contribution in [3.63, 3.8) is 0 Å². The van der Waals surface area contributed by atoms with E-state index in [-0.39, 0.29) is 0 Å². The second-order valence-corrected chi connectivity index (χ2v) is 2.72. The molecule has 1 aromatic carbocycles. The molecule has 0 aliphatic carbocycles. The Bertz CT molecular complexity index is 495. The number of aldehydes is 1. The number of carbonyl (C=O) groups excluding carboxylic acids is 1. The lowest BCUT2D eigenvalue weighted by Crippen LogP contribution is -1.92. The van der Waals surface area contributed by atoms with E-state index in [0.29, 0.717) is 17.5 Å². The second-order valence-electron chi connectivity index (χ2n) is 2.72. The summed E-state index contributed by atoms with van der Waals surface area (Å²) >= 11 is 0. The fourth-order valence-corrected chi connectivity index (χ4v) is 1.21. The van der Waals surface area contributed by atoms with Gasteiger partial charge >= 0.3 is 5.76 Å². The van der Waals surface area contributed by atoms with Crippen LogP contribution >= 0.6 is 0 Å². The van der Waals surface area contributed by atoms with Gasteiger partial charge in [-0.25, -0.2) is 4.79 Å². The number of carbonyl (C=O) groups is 1. The van der Waals surface area contributed by atoms with Crippen molar-refractivity contribution in [3.8, 4) is 0 Å². The van der Waals surface area contributed by atoms with E-state index in [1.165, 1.54) is 0 Å². The third-order valence-corrected chi connectivity index (χ3v) is 1.80. The van der Waals surface area contributed by atoms with E-state index in [0.717, 1.165) is 11.8 Å². The molecule has 1 N–H and O–H groups in total. The summed E-state index contributed by atoms with van der Waals surface area (Å²) in [5.41, 5.74) is 1.98. The Kier molecular flexibility index (Phi) is 1.73. The van der Waals surface area contributed by atoms with Gasteiger partial charge in [0.05, 0.1) is 5.52 Å². The van der Waals surface area contributed by atoms with E-state index in [1.54, 1.807) is 18.2 Å². The molecule has 1 heterocycles. The van der Waals surface area contributed by atoms with E-state index in [9.17, 15) is 9.59 Å². The van der Waals surface area contributed by atoms with E-state index in [2.05, 4.69) is 4.98 Å². The largest absolute Gasteiger partial charge is 0.417 e. The summed E-state index contributed by atoms with van der Waals surface area (Å²) in [7, 11) is 0. The molecule has 0 saturated carbocycles. The van der Waals surface area contributed by atoms with Crippen molar-refractivity contribution in [1.29, 1.82) is 0 Å². The molecule has 0 bridgehead atoms. The Hall–Kier alpha value is -1.84. The number of aromatic nitrogens is 1.